The Labute approximate surface area is 68.1 Å². The second-order valence-corrected chi connectivity index (χ2v) is 2.33. The van der Waals surface area contributed by atoms with E-state index in [1.165, 1.54) is 0 Å². The molecule has 1 N–H and O–H groups in total. The molecule has 0 aliphatic carbocycles. The standard InChI is InChI=1S/CHF3O3S.Bi.3H/c2-1(3,4)8(5,6)7;;;;/h(H,5,6,7);;;;. The number of hydrogen-bond acceptors (Lipinski definition) is 2. The van der Waals surface area contributed by atoms with Crippen LogP contribution in [-0.4, -0.2) is 44.7 Å². The molecule has 0 aliphatic heterocycles. The van der Waals surface area contributed by atoms with Gasteiger partial charge in [0.2, 0.25) is 0 Å². The number of rotatable bonds is 0. The Balaban J connectivity index is 0. The van der Waals surface area contributed by atoms with E-state index in [0.29, 0.717) is 0 Å². The summed E-state index contributed by atoms with van der Waals surface area (Å²) in [4.78, 5) is 0. The average Bonchev–Trinajstić information content (AvgIpc) is 1.25. The third kappa shape index (κ3) is 4.05. The Morgan fingerprint density at radius 2 is 1.33 bits per heavy atom. The summed E-state index contributed by atoms with van der Waals surface area (Å²) in [5, 5.41) is 0. The van der Waals surface area contributed by atoms with Gasteiger partial charge in [-0.05, 0) is 0 Å². The van der Waals surface area contributed by atoms with Crippen LogP contribution in [-0.2, 0) is 10.1 Å². The summed E-state index contributed by atoms with van der Waals surface area (Å²) in [7, 11) is -5.84. The van der Waals surface area contributed by atoms with E-state index in [2.05, 4.69) is 0 Å². The third-order valence-corrected chi connectivity index (χ3v) is 0.877. The second kappa shape index (κ2) is 3.12. The van der Waals surface area contributed by atoms with E-state index < -0.39 is 15.6 Å². The topological polar surface area (TPSA) is 54.4 Å². The summed E-state index contributed by atoms with van der Waals surface area (Å²) in [5.41, 5.74) is -5.53. The zero-order valence-electron chi connectivity index (χ0n) is 4.01. The predicted molar refractivity (Wildman–Crippen MR) is 27.5 cm³/mol. The summed E-state index contributed by atoms with van der Waals surface area (Å²) in [6.07, 6.45) is 0. The third-order valence-electron chi connectivity index (χ3n) is 0.292. The fourth-order valence-electron chi connectivity index (χ4n) is 0. The maximum absolute atomic E-state index is 10.7. The van der Waals surface area contributed by atoms with Crippen molar-refractivity contribution in [1.82, 2.24) is 0 Å². The molecule has 0 aromatic carbocycles. The number of halogens is 3. The minimum atomic E-state index is -5.84. The van der Waals surface area contributed by atoms with Gasteiger partial charge in [0.25, 0.3) is 0 Å². The molecule has 0 saturated carbocycles. The van der Waals surface area contributed by atoms with Crippen LogP contribution in [0.15, 0.2) is 0 Å². The van der Waals surface area contributed by atoms with Gasteiger partial charge in [-0.25, -0.2) is 0 Å². The Kier molecular flexibility index (Phi) is 4.25. The van der Waals surface area contributed by atoms with Gasteiger partial charge >= 0.3 is 41.8 Å². The molecule has 0 amide bonds. The van der Waals surface area contributed by atoms with Crippen LogP contribution in [0.1, 0.15) is 0 Å². The molecule has 0 aromatic rings. The van der Waals surface area contributed by atoms with Gasteiger partial charge in [0, 0.05) is 0 Å². The maximum atomic E-state index is 10.7. The van der Waals surface area contributed by atoms with Crippen molar-refractivity contribution in [3.05, 3.63) is 0 Å². The Morgan fingerprint density at radius 1 is 1.22 bits per heavy atom. The van der Waals surface area contributed by atoms with Crippen LogP contribution in [0.5, 0.6) is 0 Å². The van der Waals surface area contributed by atoms with Crippen LogP contribution in [0.25, 0.3) is 0 Å². The van der Waals surface area contributed by atoms with E-state index in [1.54, 1.807) is 0 Å². The summed E-state index contributed by atoms with van der Waals surface area (Å²) >= 11 is 0. The fraction of sp³-hybridized carbons (Fsp3) is 1.00. The monoisotopic (exact) mass is 362 g/mol. The van der Waals surface area contributed by atoms with Crippen LogP contribution in [0.3, 0.4) is 0 Å². The van der Waals surface area contributed by atoms with E-state index in [-0.39, 0.29) is 26.2 Å². The molecule has 0 bridgehead atoms. The minimum absolute atomic E-state index is 0. The van der Waals surface area contributed by atoms with Crippen molar-refractivity contribution in [1.29, 1.82) is 0 Å². The van der Waals surface area contributed by atoms with E-state index >= 15 is 0 Å². The van der Waals surface area contributed by atoms with Crippen molar-refractivity contribution < 1.29 is 26.1 Å². The van der Waals surface area contributed by atoms with Crippen molar-refractivity contribution in [2.75, 3.05) is 0 Å². The van der Waals surface area contributed by atoms with Crippen LogP contribution >= 0.6 is 0 Å². The fourth-order valence-corrected chi connectivity index (χ4v) is 0. The van der Waals surface area contributed by atoms with Gasteiger partial charge in [-0.15, -0.1) is 0 Å². The molecule has 0 unspecified atom stereocenters. The average molecular weight is 362 g/mol. The molecule has 0 fully saturated rings. The van der Waals surface area contributed by atoms with Crippen molar-refractivity contribution in [2.24, 2.45) is 0 Å². The Bertz CT molecular complexity index is 168. The van der Waals surface area contributed by atoms with Gasteiger partial charge in [-0.2, -0.15) is 21.6 Å². The Hall–Kier alpha value is 0.583. The first kappa shape index (κ1) is 12.3. The van der Waals surface area contributed by atoms with Crippen LogP contribution in [0.2, 0.25) is 0 Å². The zero-order chi connectivity index (χ0) is 7.00. The molecule has 0 heterocycles. The van der Waals surface area contributed by atoms with Gasteiger partial charge in [0.15, 0.2) is 0 Å². The van der Waals surface area contributed by atoms with E-state index in [0.717, 1.165) is 0 Å². The van der Waals surface area contributed by atoms with Crippen molar-refractivity contribution >= 4 is 36.3 Å². The number of alkyl halides is 3. The first-order valence-electron chi connectivity index (χ1n) is 1.29. The van der Waals surface area contributed by atoms with Gasteiger partial charge in [-0.1, -0.05) is 0 Å². The molecule has 8 heteroatoms. The first-order chi connectivity index (χ1) is 3.25. The molecule has 0 aromatic heterocycles. The van der Waals surface area contributed by atoms with E-state index in [1.807, 2.05) is 0 Å². The summed E-state index contributed by atoms with van der Waals surface area (Å²) in [6.45, 7) is 0. The normalized spacial score (nSPS) is 12.4. The van der Waals surface area contributed by atoms with Crippen LogP contribution in [0.4, 0.5) is 13.2 Å². The van der Waals surface area contributed by atoms with Gasteiger partial charge < -0.3 is 0 Å². The zero-order valence-corrected chi connectivity index (χ0v) is 10.3. The van der Waals surface area contributed by atoms with Crippen molar-refractivity contribution in [2.45, 2.75) is 5.51 Å². The molecule has 3 nitrogen and oxygen atoms in total. The molecule has 0 radical (unpaired) electrons. The summed E-state index contributed by atoms with van der Waals surface area (Å²) < 4.78 is 57.5. The summed E-state index contributed by atoms with van der Waals surface area (Å²) in [5.74, 6) is 0. The molecule has 0 saturated heterocycles. The van der Waals surface area contributed by atoms with Crippen LogP contribution < -0.4 is 0 Å². The van der Waals surface area contributed by atoms with Crippen LogP contribution in [0, 0.1) is 0 Å². The predicted octanol–water partition coefficient (Wildman–Crippen LogP) is -0.790. The van der Waals surface area contributed by atoms with Gasteiger partial charge in [0.05, 0.1) is 0 Å². The Morgan fingerprint density at radius 3 is 1.33 bits per heavy atom. The molecular formula is CH4BiF3O3S. The number of hydrogen-bond donors (Lipinski definition) is 1. The molecule has 0 rings (SSSR count). The van der Waals surface area contributed by atoms with E-state index in [9.17, 15) is 13.2 Å². The molecular weight excluding hydrogens is 358 g/mol. The van der Waals surface area contributed by atoms with Gasteiger partial charge in [-0.3, -0.25) is 4.55 Å². The molecule has 58 valence electrons. The summed E-state index contributed by atoms with van der Waals surface area (Å²) in [6, 6.07) is 0. The SMILES string of the molecule is O=S(=O)(O)C(F)(F)F.[BiH3]. The van der Waals surface area contributed by atoms with Crippen molar-refractivity contribution in [3.8, 4) is 0 Å². The van der Waals surface area contributed by atoms with E-state index in [4.69, 9.17) is 13.0 Å². The van der Waals surface area contributed by atoms with Crippen molar-refractivity contribution in [3.63, 3.8) is 0 Å². The molecule has 0 atom stereocenters. The first-order valence-corrected chi connectivity index (χ1v) is 2.73. The molecule has 0 spiro atoms. The van der Waals surface area contributed by atoms with Gasteiger partial charge in [0.1, 0.15) is 0 Å². The second-order valence-electron chi connectivity index (χ2n) is 0.921. The molecule has 9 heavy (non-hydrogen) atoms. The molecule has 0 aliphatic rings. The quantitative estimate of drug-likeness (QED) is 0.349.